The fourth-order valence-electron chi connectivity index (χ4n) is 2.43. The Balaban J connectivity index is 2.16. The lowest BCUT2D eigenvalue weighted by Gasteiger charge is -2.36. The molecule has 3 heteroatoms. The van der Waals surface area contributed by atoms with Crippen molar-refractivity contribution in [3.05, 3.63) is 34.3 Å². The van der Waals surface area contributed by atoms with Gasteiger partial charge in [-0.3, -0.25) is 0 Å². The molecular formula is C13H17BrFN. The van der Waals surface area contributed by atoms with E-state index in [9.17, 15) is 4.39 Å². The van der Waals surface area contributed by atoms with Gasteiger partial charge < -0.3 is 5.73 Å². The first-order valence-electron chi connectivity index (χ1n) is 5.80. The minimum Gasteiger partial charge on any atom is -0.322 e. The molecule has 1 atom stereocenters. The van der Waals surface area contributed by atoms with E-state index in [2.05, 4.69) is 15.9 Å². The molecule has 2 N–H and O–H groups in total. The first-order chi connectivity index (χ1) is 7.62. The third kappa shape index (κ3) is 2.46. The van der Waals surface area contributed by atoms with E-state index in [1.165, 1.54) is 6.42 Å². The lowest BCUT2D eigenvalue weighted by Crippen LogP contribution is -2.45. The smallest absolute Gasteiger partial charge is 0.143 e. The Kier molecular flexibility index (Phi) is 3.65. The van der Waals surface area contributed by atoms with Crippen LogP contribution in [0.4, 0.5) is 4.39 Å². The Bertz CT molecular complexity index is 343. The summed E-state index contributed by atoms with van der Waals surface area (Å²) in [5, 5.41) is 0. The van der Waals surface area contributed by atoms with Gasteiger partial charge in [-0.2, -0.15) is 0 Å². The summed E-state index contributed by atoms with van der Waals surface area (Å²) >= 11 is 3.35. The molecule has 0 bridgehead atoms. The first-order valence-corrected chi connectivity index (χ1v) is 6.59. The molecule has 0 amide bonds. The molecule has 1 saturated carbocycles. The van der Waals surface area contributed by atoms with Crippen molar-refractivity contribution in [2.75, 3.05) is 0 Å². The maximum Gasteiger partial charge on any atom is 0.143 e. The Hall–Kier alpha value is -0.410. The predicted molar refractivity (Wildman–Crippen MR) is 68.0 cm³/mol. The van der Waals surface area contributed by atoms with E-state index in [0.717, 1.165) is 30.2 Å². The predicted octanol–water partition coefficient (Wildman–Crippen LogP) is 4.12. The quantitative estimate of drug-likeness (QED) is 0.869. The molecule has 0 heterocycles. The summed E-state index contributed by atoms with van der Waals surface area (Å²) in [6.07, 6.45) is 3.84. The van der Waals surface area contributed by atoms with Gasteiger partial charge in [0.25, 0.3) is 0 Å². The zero-order valence-electron chi connectivity index (χ0n) is 9.26. The summed E-state index contributed by atoms with van der Waals surface area (Å²) in [5.41, 5.74) is 6.24. The van der Waals surface area contributed by atoms with Gasteiger partial charge >= 0.3 is 0 Å². The monoisotopic (exact) mass is 285 g/mol. The molecule has 1 nitrogen and oxygen atoms in total. The zero-order chi connectivity index (χ0) is 11.6. The Labute approximate surface area is 104 Å². The second-order valence-corrected chi connectivity index (χ2v) is 5.62. The van der Waals surface area contributed by atoms with Crippen molar-refractivity contribution in [1.29, 1.82) is 0 Å². The fourth-order valence-corrected chi connectivity index (χ4v) is 2.69. The lowest BCUT2D eigenvalue weighted by molar-refractivity contribution is 0.143. The van der Waals surface area contributed by atoms with Gasteiger partial charge in [-0.25, -0.2) is 4.39 Å². The molecule has 1 aliphatic rings. The second kappa shape index (κ2) is 4.84. The van der Waals surface area contributed by atoms with E-state index in [1.54, 1.807) is 0 Å². The van der Waals surface area contributed by atoms with Gasteiger partial charge in [-0.1, -0.05) is 47.3 Å². The van der Waals surface area contributed by atoms with Gasteiger partial charge in [-0.15, -0.1) is 0 Å². The van der Waals surface area contributed by atoms with Crippen molar-refractivity contribution in [1.82, 2.24) is 0 Å². The van der Waals surface area contributed by atoms with Crippen molar-refractivity contribution in [2.24, 2.45) is 5.73 Å². The van der Waals surface area contributed by atoms with Gasteiger partial charge in [0.2, 0.25) is 0 Å². The average molecular weight is 286 g/mol. The molecule has 0 aromatic heterocycles. The fraction of sp³-hybridized carbons (Fsp3) is 0.538. The molecule has 88 valence electrons. The van der Waals surface area contributed by atoms with E-state index in [0.29, 0.717) is 5.56 Å². The Morgan fingerprint density at radius 2 is 1.69 bits per heavy atom. The van der Waals surface area contributed by atoms with Crippen LogP contribution in [-0.4, -0.2) is 5.54 Å². The van der Waals surface area contributed by atoms with Crippen LogP contribution in [0, 0.1) is 0 Å². The second-order valence-electron chi connectivity index (χ2n) is 4.71. The summed E-state index contributed by atoms with van der Waals surface area (Å²) in [6, 6.07) is 7.37. The molecule has 16 heavy (non-hydrogen) atoms. The highest BCUT2D eigenvalue weighted by Gasteiger charge is 2.37. The third-order valence-electron chi connectivity index (χ3n) is 3.45. The van der Waals surface area contributed by atoms with Crippen molar-refractivity contribution < 1.29 is 4.39 Å². The van der Waals surface area contributed by atoms with Gasteiger partial charge in [-0.05, 0) is 30.5 Å². The maximum atomic E-state index is 14.4. The van der Waals surface area contributed by atoms with Crippen LogP contribution in [0.2, 0.25) is 0 Å². The minimum atomic E-state index is -1.04. The zero-order valence-corrected chi connectivity index (χ0v) is 10.8. The molecule has 0 radical (unpaired) electrons. The number of halogens is 2. The van der Waals surface area contributed by atoms with Crippen LogP contribution in [0.3, 0.4) is 0 Å². The standard InChI is InChI=1S/C13H17BrFN/c14-11-6-4-10(5-7-11)12(15)13(16)8-2-1-3-9-13/h4-7,12H,1-3,8-9,16H2. The summed E-state index contributed by atoms with van der Waals surface area (Å²) in [6.45, 7) is 0. The molecule has 0 spiro atoms. The molecule has 1 aromatic rings. The van der Waals surface area contributed by atoms with E-state index in [1.807, 2.05) is 24.3 Å². The Morgan fingerprint density at radius 1 is 1.12 bits per heavy atom. The number of benzene rings is 1. The SMILES string of the molecule is NC1(C(F)c2ccc(Br)cc2)CCCCC1. The molecule has 0 saturated heterocycles. The van der Waals surface area contributed by atoms with Gasteiger partial charge in [0.05, 0.1) is 5.54 Å². The molecule has 2 rings (SSSR count). The van der Waals surface area contributed by atoms with Gasteiger partial charge in [0.15, 0.2) is 0 Å². The summed E-state index contributed by atoms with van der Waals surface area (Å²) in [4.78, 5) is 0. The largest absolute Gasteiger partial charge is 0.322 e. The minimum absolute atomic E-state index is 0.647. The Morgan fingerprint density at radius 3 is 2.25 bits per heavy atom. The summed E-state index contributed by atoms with van der Waals surface area (Å²) < 4.78 is 15.4. The van der Waals surface area contributed by atoms with E-state index < -0.39 is 11.7 Å². The number of nitrogens with two attached hydrogens (primary N) is 1. The van der Waals surface area contributed by atoms with E-state index >= 15 is 0 Å². The molecular weight excluding hydrogens is 269 g/mol. The summed E-state index contributed by atoms with van der Waals surface area (Å²) in [7, 11) is 0. The highest BCUT2D eigenvalue weighted by Crippen LogP contribution is 2.39. The van der Waals surface area contributed by atoms with Crippen LogP contribution in [0.1, 0.15) is 43.8 Å². The first kappa shape index (κ1) is 12.1. The topological polar surface area (TPSA) is 26.0 Å². The molecule has 1 aromatic carbocycles. The molecule has 0 aliphatic heterocycles. The number of rotatable bonds is 2. The van der Waals surface area contributed by atoms with Crippen molar-refractivity contribution in [2.45, 2.75) is 43.8 Å². The highest BCUT2D eigenvalue weighted by molar-refractivity contribution is 9.10. The van der Waals surface area contributed by atoms with Crippen molar-refractivity contribution in [3.8, 4) is 0 Å². The van der Waals surface area contributed by atoms with Crippen molar-refractivity contribution in [3.63, 3.8) is 0 Å². The van der Waals surface area contributed by atoms with Crippen LogP contribution in [-0.2, 0) is 0 Å². The lowest BCUT2D eigenvalue weighted by atomic mass is 9.77. The normalized spacial score (nSPS) is 21.7. The van der Waals surface area contributed by atoms with Gasteiger partial charge in [0, 0.05) is 4.47 Å². The molecule has 1 fully saturated rings. The third-order valence-corrected chi connectivity index (χ3v) is 3.98. The van der Waals surface area contributed by atoms with Crippen LogP contribution >= 0.6 is 15.9 Å². The number of hydrogen-bond acceptors (Lipinski definition) is 1. The van der Waals surface area contributed by atoms with Crippen LogP contribution in [0.15, 0.2) is 28.7 Å². The van der Waals surface area contributed by atoms with E-state index in [-0.39, 0.29) is 0 Å². The van der Waals surface area contributed by atoms with Crippen LogP contribution in [0.25, 0.3) is 0 Å². The van der Waals surface area contributed by atoms with Crippen molar-refractivity contribution >= 4 is 15.9 Å². The van der Waals surface area contributed by atoms with Gasteiger partial charge in [0.1, 0.15) is 6.17 Å². The number of hydrogen-bond donors (Lipinski definition) is 1. The molecule has 1 aliphatic carbocycles. The van der Waals surface area contributed by atoms with Crippen LogP contribution in [0.5, 0.6) is 0 Å². The number of alkyl halides is 1. The molecule has 1 unspecified atom stereocenters. The maximum absolute atomic E-state index is 14.4. The summed E-state index contributed by atoms with van der Waals surface area (Å²) in [5.74, 6) is 0. The van der Waals surface area contributed by atoms with E-state index in [4.69, 9.17) is 5.73 Å². The van der Waals surface area contributed by atoms with Crippen LogP contribution < -0.4 is 5.73 Å². The highest BCUT2D eigenvalue weighted by atomic mass is 79.9. The average Bonchev–Trinajstić information content (AvgIpc) is 2.30.